The van der Waals surface area contributed by atoms with Crippen molar-refractivity contribution in [2.45, 2.75) is 12.2 Å². The second-order valence-corrected chi connectivity index (χ2v) is 3.93. The summed E-state index contributed by atoms with van der Waals surface area (Å²) in [4.78, 5) is 9.54. The number of nitro groups is 1. The molecular formula is C9H9BrFNO5. The average Bonchev–Trinajstić information content (AvgIpc) is 2.29. The van der Waals surface area contributed by atoms with Crippen LogP contribution in [-0.2, 0) is 0 Å². The molecule has 0 aliphatic carbocycles. The third kappa shape index (κ3) is 2.90. The lowest BCUT2D eigenvalue weighted by molar-refractivity contribution is -0.386. The van der Waals surface area contributed by atoms with E-state index in [1.807, 2.05) is 0 Å². The number of phenols is 1. The van der Waals surface area contributed by atoms with E-state index in [4.69, 9.17) is 0 Å². The Hall–Kier alpha value is -1.25. The number of halogens is 2. The molecule has 0 bridgehead atoms. The third-order valence-corrected chi connectivity index (χ3v) is 2.79. The van der Waals surface area contributed by atoms with Crippen molar-refractivity contribution >= 4 is 21.6 Å². The number of phenolic OH excluding ortho intramolecular Hbond substituents is 1. The minimum atomic E-state index is -1.62. The molecule has 6 nitrogen and oxygen atoms in total. The lowest BCUT2D eigenvalue weighted by atomic mass is 10.0. The van der Waals surface area contributed by atoms with Gasteiger partial charge >= 0.3 is 5.69 Å². The maximum absolute atomic E-state index is 13.1. The van der Waals surface area contributed by atoms with Crippen molar-refractivity contribution in [3.05, 3.63) is 33.6 Å². The number of nitrogens with zero attached hydrogens (tertiary/aromatic N) is 1. The molecule has 0 aliphatic heterocycles. The predicted molar refractivity (Wildman–Crippen MR) is 59.5 cm³/mol. The summed E-state index contributed by atoms with van der Waals surface area (Å²) < 4.78 is 13.1. The van der Waals surface area contributed by atoms with Crippen LogP contribution in [0.25, 0.3) is 0 Å². The summed E-state index contributed by atoms with van der Waals surface area (Å²) in [5, 5.41) is 38.9. The van der Waals surface area contributed by atoms with E-state index >= 15 is 0 Å². The van der Waals surface area contributed by atoms with Crippen molar-refractivity contribution in [1.82, 2.24) is 0 Å². The van der Waals surface area contributed by atoms with Crippen LogP contribution in [0.4, 0.5) is 10.1 Å². The molecule has 0 spiro atoms. The van der Waals surface area contributed by atoms with Crippen LogP contribution in [0.15, 0.2) is 12.1 Å². The number of benzene rings is 1. The van der Waals surface area contributed by atoms with Crippen LogP contribution in [0.2, 0.25) is 0 Å². The summed E-state index contributed by atoms with van der Waals surface area (Å²) in [6, 6.07) is 1.27. The van der Waals surface area contributed by atoms with Gasteiger partial charge in [0.2, 0.25) is 5.75 Å². The summed E-state index contributed by atoms with van der Waals surface area (Å²) >= 11 is 2.88. The van der Waals surface area contributed by atoms with Gasteiger partial charge in [-0.15, -0.1) is 0 Å². The first-order chi connectivity index (χ1) is 7.88. The van der Waals surface area contributed by atoms with E-state index in [1.165, 1.54) is 0 Å². The normalized spacial score (nSPS) is 14.4. The van der Waals surface area contributed by atoms with Crippen molar-refractivity contribution in [1.29, 1.82) is 0 Å². The molecule has 0 heterocycles. The molecular weight excluding hydrogens is 301 g/mol. The van der Waals surface area contributed by atoms with E-state index in [9.17, 15) is 29.8 Å². The molecule has 0 fully saturated rings. The van der Waals surface area contributed by atoms with E-state index in [0.29, 0.717) is 6.07 Å². The molecule has 94 valence electrons. The quantitative estimate of drug-likeness (QED) is 0.441. The van der Waals surface area contributed by atoms with Gasteiger partial charge in [0, 0.05) is 10.9 Å². The SMILES string of the molecule is O=[N+]([O-])c1cc(F)cc(C(O)C(O)CBr)c1O. The van der Waals surface area contributed by atoms with E-state index in [-0.39, 0.29) is 5.33 Å². The molecule has 8 heteroatoms. The monoisotopic (exact) mass is 309 g/mol. The second kappa shape index (κ2) is 5.39. The van der Waals surface area contributed by atoms with Crippen molar-refractivity contribution in [2.75, 3.05) is 5.33 Å². The predicted octanol–water partition coefficient (Wildman–Crippen LogP) is 1.23. The van der Waals surface area contributed by atoms with E-state index in [2.05, 4.69) is 15.9 Å². The smallest absolute Gasteiger partial charge is 0.314 e. The van der Waals surface area contributed by atoms with E-state index < -0.39 is 39.9 Å². The Bertz CT molecular complexity index is 442. The Balaban J connectivity index is 3.29. The minimum Gasteiger partial charge on any atom is -0.502 e. The molecule has 0 saturated heterocycles. The number of alkyl halides is 1. The van der Waals surface area contributed by atoms with E-state index in [0.717, 1.165) is 6.07 Å². The molecule has 0 saturated carbocycles. The topological polar surface area (TPSA) is 104 Å². The van der Waals surface area contributed by atoms with Crippen LogP contribution in [0.3, 0.4) is 0 Å². The van der Waals surface area contributed by atoms with Gasteiger partial charge in [-0.1, -0.05) is 15.9 Å². The number of aliphatic hydroxyl groups is 2. The van der Waals surface area contributed by atoms with Gasteiger partial charge in [0.15, 0.2) is 0 Å². The van der Waals surface area contributed by atoms with Gasteiger partial charge in [-0.25, -0.2) is 4.39 Å². The largest absolute Gasteiger partial charge is 0.502 e. The summed E-state index contributed by atoms with van der Waals surface area (Å²) in [5.41, 5.74) is -1.29. The van der Waals surface area contributed by atoms with Crippen molar-refractivity contribution in [3.63, 3.8) is 0 Å². The first kappa shape index (κ1) is 13.8. The van der Waals surface area contributed by atoms with Crippen LogP contribution in [0, 0.1) is 15.9 Å². The van der Waals surface area contributed by atoms with Gasteiger partial charge in [-0.3, -0.25) is 10.1 Å². The lowest BCUT2D eigenvalue weighted by Gasteiger charge is -2.16. The molecule has 1 aromatic rings. The average molecular weight is 310 g/mol. The first-order valence-electron chi connectivity index (χ1n) is 4.47. The summed E-state index contributed by atoms with van der Waals surface area (Å²) in [6.07, 6.45) is -2.94. The zero-order chi connectivity index (χ0) is 13.2. The molecule has 3 N–H and O–H groups in total. The number of aliphatic hydroxyl groups excluding tert-OH is 2. The third-order valence-electron chi connectivity index (χ3n) is 2.12. The summed E-state index contributed by atoms with van der Waals surface area (Å²) in [7, 11) is 0. The maximum atomic E-state index is 13.1. The first-order valence-corrected chi connectivity index (χ1v) is 5.59. The van der Waals surface area contributed by atoms with Crippen molar-refractivity contribution in [3.8, 4) is 5.75 Å². The van der Waals surface area contributed by atoms with Crippen LogP contribution in [-0.4, -0.2) is 31.7 Å². The summed E-state index contributed by atoms with van der Waals surface area (Å²) in [6.45, 7) is 0. The molecule has 1 aromatic carbocycles. The Morgan fingerprint density at radius 3 is 2.53 bits per heavy atom. The number of hydrogen-bond donors (Lipinski definition) is 3. The van der Waals surface area contributed by atoms with Gasteiger partial charge < -0.3 is 15.3 Å². The fourth-order valence-corrected chi connectivity index (χ4v) is 1.62. The Kier molecular flexibility index (Phi) is 4.38. The number of rotatable bonds is 4. The fraction of sp³-hybridized carbons (Fsp3) is 0.333. The van der Waals surface area contributed by atoms with Crippen molar-refractivity contribution in [2.24, 2.45) is 0 Å². The van der Waals surface area contributed by atoms with Gasteiger partial charge in [0.25, 0.3) is 0 Å². The van der Waals surface area contributed by atoms with Crippen LogP contribution < -0.4 is 0 Å². The number of hydrogen-bond acceptors (Lipinski definition) is 5. The standard InChI is InChI=1S/C9H9BrFNO5/c10-3-7(13)9(15)5-1-4(11)2-6(8(5)14)12(16)17/h1-2,7,9,13-15H,3H2. The number of aromatic hydroxyl groups is 1. The zero-order valence-electron chi connectivity index (χ0n) is 8.38. The van der Waals surface area contributed by atoms with Gasteiger partial charge in [-0.05, 0) is 6.07 Å². The van der Waals surface area contributed by atoms with Crippen LogP contribution >= 0.6 is 15.9 Å². The van der Waals surface area contributed by atoms with Crippen LogP contribution in [0.1, 0.15) is 11.7 Å². The highest BCUT2D eigenvalue weighted by Crippen LogP contribution is 2.35. The Morgan fingerprint density at radius 1 is 1.47 bits per heavy atom. The highest BCUT2D eigenvalue weighted by atomic mass is 79.9. The highest BCUT2D eigenvalue weighted by molar-refractivity contribution is 9.09. The molecule has 17 heavy (non-hydrogen) atoms. The number of nitro benzene ring substituents is 1. The molecule has 2 atom stereocenters. The Morgan fingerprint density at radius 2 is 2.06 bits per heavy atom. The summed E-state index contributed by atoms with van der Waals surface area (Å²) in [5.74, 6) is -1.84. The molecule has 0 amide bonds. The zero-order valence-corrected chi connectivity index (χ0v) is 9.96. The molecule has 2 unspecified atom stereocenters. The van der Waals surface area contributed by atoms with Crippen LogP contribution in [0.5, 0.6) is 5.75 Å². The van der Waals surface area contributed by atoms with Crippen molar-refractivity contribution < 1.29 is 24.6 Å². The minimum absolute atomic E-state index is 0.0298. The lowest BCUT2D eigenvalue weighted by Crippen LogP contribution is -2.20. The van der Waals surface area contributed by atoms with E-state index in [1.54, 1.807) is 0 Å². The van der Waals surface area contributed by atoms with Gasteiger partial charge in [0.1, 0.15) is 11.9 Å². The van der Waals surface area contributed by atoms with Gasteiger partial charge in [0.05, 0.1) is 17.1 Å². The fourth-order valence-electron chi connectivity index (χ4n) is 1.26. The van der Waals surface area contributed by atoms with Gasteiger partial charge in [-0.2, -0.15) is 0 Å². The molecule has 0 aliphatic rings. The molecule has 1 rings (SSSR count). The highest BCUT2D eigenvalue weighted by Gasteiger charge is 2.27. The Labute approximate surface area is 104 Å². The molecule has 0 aromatic heterocycles. The second-order valence-electron chi connectivity index (χ2n) is 3.29. The maximum Gasteiger partial charge on any atom is 0.314 e. The molecule has 0 radical (unpaired) electrons.